The highest BCUT2D eigenvalue weighted by Gasteiger charge is 2.32. The number of phenolic OH excluding ortho intramolecular Hbond substituents is 1. The third kappa shape index (κ3) is 4.44. The van der Waals surface area contributed by atoms with E-state index in [9.17, 15) is 27.9 Å². The van der Waals surface area contributed by atoms with Gasteiger partial charge in [0.2, 0.25) is 5.91 Å². The Hall–Kier alpha value is -3.03. The van der Waals surface area contributed by atoms with Gasteiger partial charge in [0.25, 0.3) is 0 Å². The SMILES string of the molecule is O=C(O)C[C@@H]1Cc2ccc(O)cc2CN(Cc2ccc(C(F)(F)F)cc2)C1=O. The smallest absolute Gasteiger partial charge is 0.416 e. The molecule has 1 amide bonds. The Balaban J connectivity index is 1.89. The molecule has 0 bridgehead atoms. The summed E-state index contributed by atoms with van der Waals surface area (Å²) in [6.07, 6.45) is -4.56. The maximum absolute atomic E-state index is 12.9. The minimum Gasteiger partial charge on any atom is -0.508 e. The van der Waals surface area contributed by atoms with E-state index in [1.807, 2.05) is 0 Å². The van der Waals surface area contributed by atoms with E-state index in [4.69, 9.17) is 5.11 Å². The lowest BCUT2D eigenvalue weighted by atomic mass is 9.94. The molecule has 0 aliphatic carbocycles. The zero-order valence-corrected chi connectivity index (χ0v) is 14.7. The average molecular weight is 393 g/mol. The third-order valence-electron chi connectivity index (χ3n) is 4.75. The molecule has 3 rings (SSSR count). The van der Waals surface area contributed by atoms with Crippen LogP contribution in [-0.2, 0) is 35.3 Å². The highest BCUT2D eigenvalue weighted by molar-refractivity contribution is 5.84. The lowest BCUT2D eigenvalue weighted by Crippen LogP contribution is -2.35. The maximum Gasteiger partial charge on any atom is 0.416 e. The first-order chi connectivity index (χ1) is 13.1. The molecule has 0 saturated carbocycles. The second-order valence-corrected chi connectivity index (χ2v) is 6.84. The molecule has 148 valence electrons. The number of phenols is 1. The molecule has 28 heavy (non-hydrogen) atoms. The Bertz CT molecular complexity index is 893. The Labute approximate surface area is 159 Å². The summed E-state index contributed by atoms with van der Waals surface area (Å²) in [5.41, 5.74) is 1.18. The van der Waals surface area contributed by atoms with Crippen LogP contribution in [0.2, 0.25) is 0 Å². The van der Waals surface area contributed by atoms with Crippen LogP contribution in [0.1, 0.15) is 28.7 Å². The molecule has 0 aromatic heterocycles. The van der Waals surface area contributed by atoms with Gasteiger partial charge in [-0.2, -0.15) is 13.2 Å². The van der Waals surface area contributed by atoms with E-state index in [2.05, 4.69) is 0 Å². The fourth-order valence-corrected chi connectivity index (χ4v) is 3.38. The molecule has 1 aliphatic heterocycles. The molecule has 8 heteroatoms. The van der Waals surface area contributed by atoms with Crippen LogP contribution in [0, 0.1) is 5.92 Å². The van der Waals surface area contributed by atoms with Crippen molar-refractivity contribution < 1.29 is 33.0 Å². The number of hydrogen-bond donors (Lipinski definition) is 2. The average Bonchev–Trinajstić information content (AvgIpc) is 2.72. The number of hydrogen-bond acceptors (Lipinski definition) is 3. The van der Waals surface area contributed by atoms with E-state index in [1.54, 1.807) is 6.07 Å². The normalized spacial score (nSPS) is 17.2. The predicted octanol–water partition coefficient (Wildman–Crippen LogP) is 3.59. The Morgan fingerprint density at radius 1 is 1.11 bits per heavy atom. The lowest BCUT2D eigenvalue weighted by Gasteiger charge is -2.24. The molecular weight excluding hydrogens is 375 g/mol. The Kier molecular flexibility index (Phi) is 5.31. The van der Waals surface area contributed by atoms with Gasteiger partial charge in [0.05, 0.1) is 17.9 Å². The number of carboxylic acids is 1. The summed E-state index contributed by atoms with van der Waals surface area (Å²) in [7, 11) is 0. The number of amides is 1. The van der Waals surface area contributed by atoms with Crippen molar-refractivity contribution >= 4 is 11.9 Å². The summed E-state index contributed by atoms with van der Waals surface area (Å²) >= 11 is 0. The largest absolute Gasteiger partial charge is 0.508 e. The molecule has 0 spiro atoms. The predicted molar refractivity (Wildman–Crippen MR) is 93.3 cm³/mol. The van der Waals surface area contributed by atoms with E-state index >= 15 is 0 Å². The van der Waals surface area contributed by atoms with Crippen LogP contribution in [0.3, 0.4) is 0 Å². The van der Waals surface area contributed by atoms with Gasteiger partial charge in [0, 0.05) is 13.1 Å². The molecular formula is C20H18F3NO4. The van der Waals surface area contributed by atoms with E-state index in [0.717, 1.165) is 17.7 Å². The van der Waals surface area contributed by atoms with Gasteiger partial charge in [-0.25, -0.2) is 0 Å². The number of aliphatic carboxylic acids is 1. The fraction of sp³-hybridized carbons (Fsp3) is 0.300. The second kappa shape index (κ2) is 7.53. The minimum absolute atomic E-state index is 0.0253. The molecule has 2 aromatic carbocycles. The molecule has 0 fully saturated rings. The van der Waals surface area contributed by atoms with E-state index < -0.39 is 23.6 Å². The van der Waals surface area contributed by atoms with Crippen LogP contribution in [0.15, 0.2) is 42.5 Å². The van der Waals surface area contributed by atoms with Crippen molar-refractivity contribution in [3.05, 3.63) is 64.7 Å². The number of rotatable bonds is 4. The zero-order valence-electron chi connectivity index (χ0n) is 14.7. The van der Waals surface area contributed by atoms with Gasteiger partial charge in [0.1, 0.15) is 5.75 Å². The van der Waals surface area contributed by atoms with Crippen molar-refractivity contribution in [2.45, 2.75) is 32.1 Å². The van der Waals surface area contributed by atoms with Crippen LogP contribution in [-0.4, -0.2) is 27.0 Å². The number of aromatic hydroxyl groups is 1. The van der Waals surface area contributed by atoms with Gasteiger partial charge < -0.3 is 15.1 Å². The summed E-state index contributed by atoms with van der Waals surface area (Å²) in [5, 5.41) is 18.9. The summed E-state index contributed by atoms with van der Waals surface area (Å²) in [6, 6.07) is 9.16. The molecule has 0 saturated heterocycles. The molecule has 5 nitrogen and oxygen atoms in total. The van der Waals surface area contributed by atoms with Gasteiger partial charge in [-0.3, -0.25) is 9.59 Å². The number of nitrogens with zero attached hydrogens (tertiary/aromatic N) is 1. The summed E-state index contributed by atoms with van der Waals surface area (Å²) in [5.74, 6) is -2.23. The molecule has 1 heterocycles. The van der Waals surface area contributed by atoms with Crippen LogP contribution in [0.4, 0.5) is 13.2 Å². The maximum atomic E-state index is 12.9. The van der Waals surface area contributed by atoms with E-state index in [0.29, 0.717) is 11.1 Å². The number of carboxylic acid groups (broad SMARTS) is 1. The van der Waals surface area contributed by atoms with Crippen molar-refractivity contribution in [3.8, 4) is 5.75 Å². The van der Waals surface area contributed by atoms with Crippen LogP contribution >= 0.6 is 0 Å². The summed E-state index contributed by atoms with van der Waals surface area (Å²) < 4.78 is 38.2. The van der Waals surface area contributed by atoms with Crippen molar-refractivity contribution in [1.82, 2.24) is 4.90 Å². The Morgan fingerprint density at radius 3 is 2.39 bits per heavy atom. The Morgan fingerprint density at radius 2 is 1.79 bits per heavy atom. The summed E-state index contributed by atoms with van der Waals surface area (Å²) in [4.78, 5) is 25.5. The van der Waals surface area contributed by atoms with E-state index in [-0.39, 0.29) is 37.6 Å². The highest BCUT2D eigenvalue weighted by Crippen LogP contribution is 2.31. The number of alkyl halides is 3. The summed E-state index contributed by atoms with van der Waals surface area (Å²) in [6.45, 7) is 0.182. The standard InChI is InChI=1S/C20H18F3NO4/c21-20(22,23)16-4-1-12(2-5-16)10-24-11-15-8-17(25)6-3-13(15)7-14(19(24)28)9-18(26)27/h1-6,8,14,25H,7,9-11H2,(H,26,27)/t14-/m0/s1. The van der Waals surface area contributed by atoms with Gasteiger partial charge in [-0.15, -0.1) is 0 Å². The van der Waals surface area contributed by atoms with Crippen molar-refractivity contribution in [2.75, 3.05) is 0 Å². The number of halogens is 3. The number of carbonyl (C=O) groups is 2. The molecule has 2 N–H and O–H groups in total. The quantitative estimate of drug-likeness (QED) is 0.832. The minimum atomic E-state index is -4.44. The van der Waals surface area contributed by atoms with Crippen molar-refractivity contribution in [2.24, 2.45) is 5.92 Å². The van der Waals surface area contributed by atoms with Gasteiger partial charge in [0.15, 0.2) is 0 Å². The number of fused-ring (bicyclic) bond motifs is 1. The van der Waals surface area contributed by atoms with Gasteiger partial charge in [-0.1, -0.05) is 18.2 Å². The van der Waals surface area contributed by atoms with E-state index in [1.165, 1.54) is 29.2 Å². The number of carbonyl (C=O) groups excluding carboxylic acids is 1. The van der Waals surface area contributed by atoms with Crippen LogP contribution in [0.25, 0.3) is 0 Å². The van der Waals surface area contributed by atoms with Crippen LogP contribution < -0.4 is 0 Å². The molecule has 2 aromatic rings. The molecule has 0 radical (unpaired) electrons. The third-order valence-corrected chi connectivity index (χ3v) is 4.75. The lowest BCUT2D eigenvalue weighted by molar-refractivity contribution is -0.144. The first-order valence-electron chi connectivity index (χ1n) is 8.61. The fourth-order valence-electron chi connectivity index (χ4n) is 3.38. The van der Waals surface area contributed by atoms with Crippen molar-refractivity contribution in [1.29, 1.82) is 0 Å². The van der Waals surface area contributed by atoms with Gasteiger partial charge in [-0.05, 0) is 47.4 Å². The molecule has 1 aliphatic rings. The second-order valence-electron chi connectivity index (χ2n) is 6.84. The van der Waals surface area contributed by atoms with Crippen LogP contribution in [0.5, 0.6) is 5.75 Å². The van der Waals surface area contributed by atoms with Crippen molar-refractivity contribution in [3.63, 3.8) is 0 Å². The monoisotopic (exact) mass is 393 g/mol. The molecule has 1 atom stereocenters. The van der Waals surface area contributed by atoms with Gasteiger partial charge >= 0.3 is 12.1 Å². The topological polar surface area (TPSA) is 77.8 Å². The highest BCUT2D eigenvalue weighted by atomic mass is 19.4. The first-order valence-corrected chi connectivity index (χ1v) is 8.61. The molecule has 0 unspecified atom stereocenters. The first kappa shape index (κ1) is 19.7. The zero-order chi connectivity index (χ0) is 20.5. The number of benzene rings is 2.